The lowest BCUT2D eigenvalue weighted by Gasteiger charge is -2.15. The van der Waals surface area contributed by atoms with Gasteiger partial charge < -0.3 is 14.8 Å². The highest BCUT2D eigenvalue weighted by Gasteiger charge is 2.15. The molecule has 0 saturated carbocycles. The van der Waals surface area contributed by atoms with Gasteiger partial charge in [-0.25, -0.2) is 4.39 Å². The molecule has 1 N–H and O–H groups in total. The zero-order valence-corrected chi connectivity index (χ0v) is 19.1. The van der Waals surface area contributed by atoms with Crippen LogP contribution in [-0.2, 0) is 11.4 Å². The van der Waals surface area contributed by atoms with Gasteiger partial charge in [-0.1, -0.05) is 35.3 Å². The van der Waals surface area contributed by atoms with Crippen molar-refractivity contribution in [2.24, 2.45) is 0 Å². The fourth-order valence-electron chi connectivity index (χ4n) is 2.86. The second-order valence-electron chi connectivity index (χ2n) is 6.81. The first kappa shape index (κ1) is 24.1. The van der Waals surface area contributed by atoms with Crippen molar-refractivity contribution < 1.29 is 18.7 Å². The lowest BCUT2D eigenvalue weighted by Crippen LogP contribution is -2.13. The molecule has 3 aromatic rings. The minimum absolute atomic E-state index is 0.122. The predicted molar refractivity (Wildman–Crippen MR) is 127 cm³/mol. The van der Waals surface area contributed by atoms with Crippen molar-refractivity contribution in [2.75, 3.05) is 11.9 Å². The molecule has 0 aliphatic heterocycles. The van der Waals surface area contributed by atoms with E-state index >= 15 is 0 Å². The van der Waals surface area contributed by atoms with E-state index in [0.717, 1.165) is 5.56 Å². The van der Waals surface area contributed by atoms with Gasteiger partial charge in [0.05, 0.1) is 11.6 Å². The molecule has 3 aromatic carbocycles. The minimum Gasteiger partial charge on any atom is -0.490 e. The number of hydrogen-bond donors (Lipinski definition) is 1. The van der Waals surface area contributed by atoms with E-state index in [1.165, 1.54) is 18.2 Å². The van der Waals surface area contributed by atoms with Gasteiger partial charge in [-0.3, -0.25) is 4.79 Å². The third-order valence-electron chi connectivity index (χ3n) is 4.41. The first-order valence-corrected chi connectivity index (χ1v) is 10.7. The SMILES string of the molecule is CCOc1cc(/C=C(\C#N)C(=O)Nc2ccc(Cl)cc2)cc(Cl)c1OCc1ccc(F)cc1. The normalized spacial score (nSPS) is 10.9. The van der Waals surface area contributed by atoms with Gasteiger partial charge in [0.2, 0.25) is 0 Å². The summed E-state index contributed by atoms with van der Waals surface area (Å²) in [6.07, 6.45) is 1.41. The molecule has 0 saturated heterocycles. The second kappa shape index (κ2) is 11.4. The topological polar surface area (TPSA) is 71.3 Å². The van der Waals surface area contributed by atoms with Gasteiger partial charge in [-0.2, -0.15) is 5.26 Å². The van der Waals surface area contributed by atoms with E-state index in [9.17, 15) is 14.4 Å². The van der Waals surface area contributed by atoms with Crippen molar-refractivity contribution in [1.29, 1.82) is 5.26 Å². The van der Waals surface area contributed by atoms with E-state index in [1.54, 1.807) is 55.5 Å². The van der Waals surface area contributed by atoms with Gasteiger partial charge in [-0.15, -0.1) is 0 Å². The molecule has 1 amide bonds. The largest absolute Gasteiger partial charge is 0.490 e. The third-order valence-corrected chi connectivity index (χ3v) is 4.94. The second-order valence-corrected chi connectivity index (χ2v) is 7.65. The van der Waals surface area contributed by atoms with Gasteiger partial charge >= 0.3 is 0 Å². The molecule has 8 heteroatoms. The van der Waals surface area contributed by atoms with Gasteiger partial charge in [0.1, 0.15) is 24.1 Å². The number of halogens is 3. The smallest absolute Gasteiger partial charge is 0.266 e. The maximum atomic E-state index is 13.1. The van der Waals surface area contributed by atoms with Crippen LogP contribution in [0, 0.1) is 17.1 Å². The average molecular weight is 485 g/mol. The zero-order valence-electron chi connectivity index (χ0n) is 17.6. The molecule has 0 aliphatic carbocycles. The number of nitriles is 1. The van der Waals surface area contributed by atoms with Crippen molar-refractivity contribution in [2.45, 2.75) is 13.5 Å². The van der Waals surface area contributed by atoms with E-state index in [1.807, 2.05) is 6.07 Å². The maximum Gasteiger partial charge on any atom is 0.266 e. The number of nitrogens with one attached hydrogen (secondary N) is 1. The van der Waals surface area contributed by atoms with Gasteiger partial charge in [0.15, 0.2) is 11.5 Å². The highest BCUT2D eigenvalue weighted by atomic mass is 35.5. The predicted octanol–water partition coefficient (Wildman–Crippen LogP) is 6.66. The lowest BCUT2D eigenvalue weighted by molar-refractivity contribution is -0.112. The highest BCUT2D eigenvalue weighted by Crippen LogP contribution is 2.38. The number of carbonyl (C=O) groups excluding carboxylic acids is 1. The number of benzene rings is 3. The molecule has 33 heavy (non-hydrogen) atoms. The fourth-order valence-corrected chi connectivity index (χ4v) is 3.26. The standard InChI is InChI=1S/C25H19Cl2FN2O3/c1-2-32-23-13-17(11-18(14-29)25(31)30-21-9-5-19(26)6-10-21)12-22(27)24(23)33-15-16-3-7-20(28)8-4-16/h3-13H,2,15H2,1H3,(H,30,31)/b18-11+. The Hall–Kier alpha value is -3.53. The molecule has 0 bridgehead atoms. The molecular weight excluding hydrogens is 466 g/mol. The fraction of sp³-hybridized carbons (Fsp3) is 0.120. The van der Waals surface area contributed by atoms with Crippen LogP contribution in [0.4, 0.5) is 10.1 Å². The number of amides is 1. The van der Waals surface area contributed by atoms with Gasteiger partial charge in [0.25, 0.3) is 5.91 Å². The molecule has 0 heterocycles. The van der Waals surface area contributed by atoms with Crippen LogP contribution in [0.1, 0.15) is 18.1 Å². The van der Waals surface area contributed by atoms with Crippen LogP contribution in [0.25, 0.3) is 6.08 Å². The number of nitrogens with zero attached hydrogens (tertiary/aromatic N) is 1. The van der Waals surface area contributed by atoms with Crippen LogP contribution in [-0.4, -0.2) is 12.5 Å². The quantitative estimate of drug-likeness (QED) is 0.286. The molecule has 0 unspecified atom stereocenters. The van der Waals surface area contributed by atoms with E-state index in [2.05, 4.69) is 5.32 Å². The summed E-state index contributed by atoms with van der Waals surface area (Å²) in [5.41, 5.74) is 1.62. The summed E-state index contributed by atoms with van der Waals surface area (Å²) in [4.78, 5) is 12.5. The van der Waals surface area contributed by atoms with Crippen molar-refractivity contribution in [3.63, 3.8) is 0 Å². The third kappa shape index (κ3) is 6.72. The maximum absolute atomic E-state index is 13.1. The minimum atomic E-state index is -0.578. The number of carbonyl (C=O) groups is 1. The van der Waals surface area contributed by atoms with Gasteiger partial charge in [-0.05, 0) is 72.7 Å². The monoisotopic (exact) mass is 484 g/mol. The zero-order chi connectivity index (χ0) is 23.8. The molecule has 0 aliphatic rings. The van der Waals surface area contributed by atoms with Crippen LogP contribution in [0.3, 0.4) is 0 Å². The van der Waals surface area contributed by atoms with E-state index in [4.69, 9.17) is 32.7 Å². The molecule has 3 rings (SSSR count). The summed E-state index contributed by atoms with van der Waals surface area (Å²) in [5.74, 6) is -0.250. The van der Waals surface area contributed by atoms with Crippen LogP contribution >= 0.6 is 23.2 Å². The summed E-state index contributed by atoms with van der Waals surface area (Å²) in [6, 6.07) is 17.5. The Morgan fingerprint density at radius 1 is 1.09 bits per heavy atom. The number of rotatable bonds is 8. The lowest BCUT2D eigenvalue weighted by atomic mass is 10.1. The van der Waals surface area contributed by atoms with E-state index < -0.39 is 5.91 Å². The van der Waals surface area contributed by atoms with Crippen molar-refractivity contribution in [3.8, 4) is 17.6 Å². The molecule has 0 radical (unpaired) electrons. The Morgan fingerprint density at radius 3 is 2.42 bits per heavy atom. The summed E-state index contributed by atoms with van der Waals surface area (Å²) < 4.78 is 24.6. The Balaban J connectivity index is 1.83. The molecule has 0 spiro atoms. The van der Waals surface area contributed by atoms with Gasteiger partial charge in [0, 0.05) is 10.7 Å². The van der Waals surface area contributed by atoms with Crippen LogP contribution in [0.5, 0.6) is 11.5 Å². The Morgan fingerprint density at radius 2 is 1.79 bits per heavy atom. The molecule has 0 aromatic heterocycles. The molecule has 5 nitrogen and oxygen atoms in total. The Bertz CT molecular complexity index is 1200. The highest BCUT2D eigenvalue weighted by molar-refractivity contribution is 6.32. The summed E-state index contributed by atoms with van der Waals surface area (Å²) >= 11 is 12.3. The van der Waals surface area contributed by atoms with Crippen LogP contribution in [0.15, 0.2) is 66.2 Å². The van der Waals surface area contributed by atoms with E-state index in [0.29, 0.717) is 34.4 Å². The number of hydrogen-bond acceptors (Lipinski definition) is 4. The molecule has 0 fully saturated rings. The number of ether oxygens (including phenoxy) is 2. The van der Waals surface area contributed by atoms with Crippen LogP contribution in [0.2, 0.25) is 10.0 Å². The van der Waals surface area contributed by atoms with Crippen molar-refractivity contribution in [3.05, 3.63) is 93.2 Å². The summed E-state index contributed by atoms with van der Waals surface area (Å²) in [7, 11) is 0. The number of anilines is 1. The first-order valence-electron chi connectivity index (χ1n) is 9.92. The molecule has 0 atom stereocenters. The average Bonchev–Trinajstić information content (AvgIpc) is 2.79. The Kier molecular flexibility index (Phi) is 8.31. The molecule has 168 valence electrons. The van der Waals surface area contributed by atoms with E-state index in [-0.39, 0.29) is 23.0 Å². The van der Waals surface area contributed by atoms with Crippen molar-refractivity contribution in [1.82, 2.24) is 0 Å². The first-order chi connectivity index (χ1) is 15.9. The van der Waals surface area contributed by atoms with Crippen molar-refractivity contribution >= 4 is 40.9 Å². The molecular formula is C25H19Cl2FN2O3. The Labute approximate surface area is 201 Å². The summed E-state index contributed by atoms with van der Waals surface area (Å²) in [6.45, 7) is 2.31. The van der Waals surface area contributed by atoms with Crippen LogP contribution < -0.4 is 14.8 Å². The summed E-state index contributed by atoms with van der Waals surface area (Å²) in [5, 5.41) is 12.9.